The molecule has 0 aromatic carbocycles. The Morgan fingerprint density at radius 1 is 1.50 bits per heavy atom. The first kappa shape index (κ1) is 16.3. The van der Waals surface area contributed by atoms with Crippen LogP contribution < -0.4 is 6.15 Å². The molecule has 4 N–H and O–H groups in total. The van der Waals surface area contributed by atoms with Gasteiger partial charge in [-0.1, -0.05) is 12.1 Å². The smallest absolute Gasteiger partial charge is 0.0821 e. The van der Waals surface area contributed by atoms with E-state index in [0.717, 1.165) is 12.1 Å². The molecule has 0 bridgehead atoms. The van der Waals surface area contributed by atoms with Crippen molar-refractivity contribution in [1.82, 2.24) is 21.6 Å². The normalized spacial score (nSPS) is 6.50. The summed E-state index contributed by atoms with van der Waals surface area (Å²) in [5.74, 6) is 0. The molecule has 0 unspecified atom stereocenters. The number of H-pyrrole nitrogens is 1. The molecule has 1 rings (SSSR count). The lowest BCUT2D eigenvalue weighted by Gasteiger charge is -1.74. The summed E-state index contributed by atoms with van der Waals surface area (Å²) in [6.07, 6.45) is 2.75. The molecule has 1 aromatic heterocycles. The second kappa shape index (κ2) is 8.68. The van der Waals surface area contributed by atoms with Crippen LogP contribution in [0.25, 0.3) is 0 Å². The van der Waals surface area contributed by atoms with Crippen LogP contribution in [0.2, 0.25) is 0 Å². The van der Waals surface area contributed by atoms with Gasteiger partial charge in [-0.3, -0.25) is 5.10 Å². The van der Waals surface area contributed by atoms with Crippen LogP contribution in [-0.4, -0.2) is 15.4 Å². The van der Waals surface area contributed by atoms with Crippen molar-refractivity contribution in [2.75, 3.05) is 0 Å². The van der Waals surface area contributed by atoms with Crippen LogP contribution in [0.15, 0.2) is 6.20 Å². The fourth-order valence-electron chi connectivity index (χ4n) is 0.398. The number of hydrogen-bond donors (Lipinski definition) is 2. The van der Waals surface area contributed by atoms with Crippen LogP contribution in [-0.2, 0) is 6.42 Å². The van der Waals surface area contributed by atoms with Crippen LogP contribution >= 0.6 is 24.8 Å². The SMILES string of the molecule is CCc1c[nH]nn1.Cl.Cl.N. The number of aromatic amines is 1. The van der Waals surface area contributed by atoms with Crippen LogP contribution in [0.5, 0.6) is 0 Å². The molecule has 0 saturated heterocycles. The van der Waals surface area contributed by atoms with Crippen molar-refractivity contribution in [3.05, 3.63) is 11.9 Å². The van der Waals surface area contributed by atoms with Crippen molar-refractivity contribution in [2.45, 2.75) is 13.3 Å². The lowest BCUT2D eigenvalue weighted by atomic mass is 10.4. The van der Waals surface area contributed by atoms with Gasteiger partial charge in [-0.25, -0.2) is 0 Å². The molecule has 1 aromatic rings. The molecular formula is C4H12Cl2N4. The highest BCUT2D eigenvalue weighted by molar-refractivity contribution is 5.85. The van der Waals surface area contributed by atoms with E-state index in [1.54, 1.807) is 6.20 Å². The molecule has 0 saturated carbocycles. The highest BCUT2D eigenvalue weighted by Crippen LogP contribution is 1.85. The highest BCUT2D eigenvalue weighted by atomic mass is 35.5. The molecule has 0 aliphatic heterocycles. The maximum absolute atomic E-state index is 3.73. The molecule has 0 aliphatic rings. The van der Waals surface area contributed by atoms with E-state index in [0.29, 0.717) is 0 Å². The van der Waals surface area contributed by atoms with E-state index in [1.165, 1.54) is 0 Å². The standard InChI is InChI=1S/C4H7N3.2ClH.H3N/c1-2-4-3-5-7-6-4;;;/h3H,2H2,1H3,(H,5,6,7);2*1H;1H3. The van der Waals surface area contributed by atoms with Crippen molar-refractivity contribution in [3.63, 3.8) is 0 Å². The fourth-order valence-corrected chi connectivity index (χ4v) is 0.398. The third-order valence-corrected chi connectivity index (χ3v) is 0.830. The molecular weight excluding hydrogens is 175 g/mol. The second-order valence-corrected chi connectivity index (χ2v) is 1.32. The zero-order valence-corrected chi connectivity index (χ0v) is 7.34. The molecule has 62 valence electrons. The first-order valence-corrected chi connectivity index (χ1v) is 2.29. The van der Waals surface area contributed by atoms with E-state index in [9.17, 15) is 0 Å². The molecule has 6 heteroatoms. The van der Waals surface area contributed by atoms with E-state index >= 15 is 0 Å². The Morgan fingerprint density at radius 2 is 2.10 bits per heavy atom. The van der Waals surface area contributed by atoms with Crippen molar-refractivity contribution in [3.8, 4) is 0 Å². The number of nitrogens with one attached hydrogen (secondary N) is 1. The number of aromatic nitrogens is 3. The molecule has 0 amide bonds. The van der Waals surface area contributed by atoms with Crippen LogP contribution in [0.3, 0.4) is 0 Å². The van der Waals surface area contributed by atoms with Crippen molar-refractivity contribution in [1.29, 1.82) is 0 Å². The largest absolute Gasteiger partial charge is 0.344 e. The summed E-state index contributed by atoms with van der Waals surface area (Å²) in [7, 11) is 0. The Balaban J connectivity index is -0.000000163. The van der Waals surface area contributed by atoms with Crippen molar-refractivity contribution >= 4 is 24.8 Å². The summed E-state index contributed by atoms with van der Waals surface area (Å²) >= 11 is 0. The van der Waals surface area contributed by atoms with Crippen LogP contribution in [0, 0.1) is 0 Å². The van der Waals surface area contributed by atoms with E-state index < -0.39 is 0 Å². The summed E-state index contributed by atoms with van der Waals surface area (Å²) in [6, 6.07) is 0. The van der Waals surface area contributed by atoms with Crippen molar-refractivity contribution in [2.24, 2.45) is 0 Å². The molecule has 0 aliphatic carbocycles. The molecule has 0 spiro atoms. The average Bonchev–Trinajstić information content (AvgIpc) is 2.14. The zero-order valence-electron chi connectivity index (χ0n) is 5.70. The number of hydrogen-bond acceptors (Lipinski definition) is 3. The number of rotatable bonds is 1. The van der Waals surface area contributed by atoms with Crippen molar-refractivity contribution < 1.29 is 0 Å². The Hall–Kier alpha value is -0.320. The predicted octanol–water partition coefficient (Wildman–Crippen LogP) is 1.37. The average molecular weight is 187 g/mol. The second-order valence-electron chi connectivity index (χ2n) is 1.32. The minimum atomic E-state index is 0. The Bertz CT molecular complexity index is 130. The lowest BCUT2D eigenvalue weighted by molar-refractivity contribution is 0.908. The Labute approximate surface area is 72.2 Å². The molecule has 4 nitrogen and oxygen atoms in total. The van der Waals surface area contributed by atoms with Gasteiger partial charge in [0.15, 0.2) is 0 Å². The summed E-state index contributed by atoms with van der Waals surface area (Å²) in [4.78, 5) is 0. The number of aryl methyl sites for hydroxylation is 1. The summed E-state index contributed by atoms with van der Waals surface area (Å²) in [6.45, 7) is 2.04. The quantitative estimate of drug-likeness (QED) is 0.696. The molecule has 1 heterocycles. The van der Waals surface area contributed by atoms with Gasteiger partial charge in [0.25, 0.3) is 0 Å². The third kappa shape index (κ3) is 4.55. The van der Waals surface area contributed by atoms with Gasteiger partial charge < -0.3 is 6.15 Å². The van der Waals surface area contributed by atoms with Gasteiger partial charge in [0.2, 0.25) is 0 Å². The monoisotopic (exact) mass is 186 g/mol. The van der Waals surface area contributed by atoms with E-state index in [2.05, 4.69) is 15.4 Å². The number of nitrogens with zero attached hydrogens (tertiary/aromatic N) is 2. The lowest BCUT2D eigenvalue weighted by Crippen LogP contribution is -1.76. The van der Waals surface area contributed by atoms with E-state index in [4.69, 9.17) is 0 Å². The van der Waals surface area contributed by atoms with Gasteiger partial charge in [0.05, 0.1) is 5.69 Å². The maximum atomic E-state index is 3.73. The summed E-state index contributed by atoms with van der Waals surface area (Å²) in [5, 5.41) is 9.87. The Kier molecular flexibility index (Phi) is 14.2. The van der Waals surface area contributed by atoms with Gasteiger partial charge in [0.1, 0.15) is 0 Å². The highest BCUT2D eigenvalue weighted by Gasteiger charge is 1.85. The van der Waals surface area contributed by atoms with Gasteiger partial charge in [0, 0.05) is 6.20 Å². The fraction of sp³-hybridized carbons (Fsp3) is 0.500. The first-order chi connectivity index (χ1) is 3.43. The van der Waals surface area contributed by atoms with Crippen LogP contribution in [0.4, 0.5) is 0 Å². The van der Waals surface area contributed by atoms with Crippen LogP contribution in [0.1, 0.15) is 12.6 Å². The summed E-state index contributed by atoms with van der Waals surface area (Å²) < 4.78 is 0. The molecule has 0 atom stereocenters. The zero-order chi connectivity index (χ0) is 5.11. The predicted molar refractivity (Wildman–Crippen MR) is 45.3 cm³/mol. The third-order valence-electron chi connectivity index (χ3n) is 0.830. The molecule has 10 heavy (non-hydrogen) atoms. The first-order valence-electron chi connectivity index (χ1n) is 2.29. The minimum absolute atomic E-state index is 0. The molecule has 0 radical (unpaired) electrons. The van der Waals surface area contributed by atoms with E-state index in [-0.39, 0.29) is 31.0 Å². The van der Waals surface area contributed by atoms with Gasteiger partial charge in [-0.2, -0.15) is 0 Å². The minimum Gasteiger partial charge on any atom is -0.344 e. The van der Waals surface area contributed by atoms with Gasteiger partial charge >= 0.3 is 0 Å². The summed E-state index contributed by atoms with van der Waals surface area (Å²) in [5.41, 5.74) is 1.01. The molecule has 0 fully saturated rings. The van der Waals surface area contributed by atoms with E-state index in [1.807, 2.05) is 6.92 Å². The topological polar surface area (TPSA) is 76.6 Å². The van der Waals surface area contributed by atoms with Gasteiger partial charge in [-0.15, -0.1) is 29.9 Å². The maximum Gasteiger partial charge on any atom is 0.0821 e. The van der Waals surface area contributed by atoms with Gasteiger partial charge in [-0.05, 0) is 6.42 Å². The number of halogens is 2. The Morgan fingerprint density at radius 3 is 2.30 bits per heavy atom.